The van der Waals surface area contributed by atoms with E-state index in [2.05, 4.69) is 218 Å². The average Bonchev–Trinajstić information content (AvgIpc) is 3.79. The first-order valence-electron chi connectivity index (χ1n) is 20.3. The molecule has 1 heterocycles. The number of benzene rings is 9. The standard InChI is InChI=1S/C57H36N2/c1-3-14-37(15-4-1)39-26-28-41(29-27-39)56-58-53(43-20-13-19-42(34-43)38-16-5-2-6-17-38)36-54(59-56)44-31-32-48-46-22-9-11-24-50(46)57(52(48)35-44)51-25-12-10-23-47(51)49-33-30-40-18-7-8-21-45(40)55(49)57/h1-36H. The molecular weight excluding hydrogens is 713 g/mol. The van der Waals surface area contributed by atoms with E-state index in [1.54, 1.807) is 0 Å². The summed E-state index contributed by atoms with van der Waals surface area (Å²) in [7, 11) is 0. The Balaban J connectivity index is 1.09. The molecule has 274 valence electrons. The van der Waals surface area contributed by atoms with Gasteiger partial charge in [-0.3, -0.25) is 0 Å². The molecule has 0 saturated heterocycles. The second-order valence-electron chi connectivity index (χ2n) is 15.7. The molecule has 12 rings (SSSR count). The van der Waals surface area contributed by atoms with Crippen molar-refractivity contribution >= 4 is 10.8 Å². The number of rotatable bonds is 5. The zero-order valence-corrected chi connectivity index (χ0v) is 32.2. The monoisotopic (exact) mass is 748 g/mol. The fraction of sp³-hybridized carbons (Fsp3) is 0.0175. The summed E-state index contributed by atoms with van der Waals surface area (Å²) < 4.78 is 0. The van der Waals surface area contributed by atoms with Crippen LogP contribution in [0.1, 0.15) is 22.3 Å². The molecule has 59 heavy (non-hydrogen) atoms. The summed E-state index contributed by atoms with van der Waals surface area (Å²) in [6.07, 6.45) is 0. The molecule has 2 aliphatic rings. The van der Waals surface area contributed by atoms with Gasteiger partial charge < -0.3 is 0 Å². The van der Waals surface area contributed by atoms with Crippen LogP contribution in [0, 0.1) is 0 Å². The molecule has 10 aromatic rings. The summed E-state index contributed by atoms with van der Waals surface area (Å²) >= 11 is 0. The van der Waals surface area contributed by atoms with Crippen molar-refractivity contribution in [3.05, 3.63) is 241 Å². The zero-order valence-electron chi connectivity index (χ0n) is 32.2. The highest BCUT2D eigenvalue weighted by Gasteiger charge is 2.52. The maximum absolute atomic E-state index is 5.40. The van der Waals surface area contributed by atoms with Gasteiger partial charge in [0.05, 0.1) is 16.8 Å². The Hall–Kier alpha value is -7.68. The van der Waals surface area contributed by atoms with Gasteiger partial charge in [-0.1, -0.05) is 200 Å². The molecule has 1 unspecified atom stereocenters. The third kappa shape index (κ3) is 5.13. The summed E-state index contributed by atoms with van der Waals surface area (Å²) in [4.78, 5) is 10.7. The van der Waals surface area contributed by atoms with Crippen LogP contribution >= 0.6 is 0 Å². The van der Waals surface area contributed by atoms with Gasteiger partial charge in [0.1, 0.15) is 0 Å². The largest absolute Gasteiger partial charge is 0.228 e. The second kappa shape index (κ2) is 13.2. The van der Waals surface area contributed by atoms with Gasteiger partial charge >= 0.3 is 0 Å². The molecule has 0 aliphatic heterocycles. The first-order chi connectivity index (χ1) is 29.2. The lowest BCUT2D eigenvalue weighted by Crippen LogP contribution is -2.26. The predicted molar refractivity (Wildman–Crippen MR) is 243 cm³/mol. The van der Waals surface area contributed by atoms with Crippen molar-refractivity contribution in [2.24, 2.45) is 0 Å². The lowest BCUT2D eigenvalue weighted by atomic mass is 9.69. The number of aromatic nitrogens is 2. The van der Waals surface area contributed by atoms with Gasteiger partial charge in [-0.15, -0.1) is 0 Å². The molecule has 0 amide bonds. The van der Waals surface area contributed by atoms with Crippen LogP contribution in [0.15, 0.2) is 218 Å². The Morgan fingerprint density at radius 1 is 0.288 bits per heavy atom. The minimum atomic E-state index is -0.495. The van der Waals surface area contributed by atoms with E-state index in [0.29, 0.717) is 5.82 Å². The molecule has 9 aromatic carbocycles. The van der Waals surface area contributed by atoms with E-state index < -0.39 is 5.41 Å². The molecule has 2 nitrogen and oxygen atoms in total. The van der Waals surface area contributed by atoms with Crippen LogP contribution in [0.25, 0.3) is 89.2 Å². The first-order valence-corrected chi connectivity index (χ1v) is 20.3. The van der Waals surface area contributed by atoms with E-state index in [9.17, 15) is 0 Å². The summed E-state index contributed by atoms with van der Waals surface area (Å²) in [5.74, 6) is 0.697. The van der Waals surface area contributed by atoms with Gasteiger partial charge in [0, 0.05) is 16.7 Å². The maximum atomic E-state index is 5.40. The van der Waals surface area contributed by atoms with Gasteiger partial charge in [-0.05, 0) is 95.7 Å². The minimum Gasteiger partial charge on any atom is -0.228 e. The maximum Gasteiger partial charge on any atom is 0.160 e. The van der Waals surface area contributed by atoms with Crippen LogP contribution in [0.3, 0.4) is 0 Å². The Labute approximate surface area is 343 Å². The molecule has 1 atom stereocenters. The summed E-state index contributed by atoms with van der Waals surface area (Å²) in [5, 5.41) is 2.54. The Kier molecular flexibility index (Phi) is 7.48. The summed E-state index contributed by atoms with van der Waals surface area (Å²) in [5.41, 5.74) is 19.5. The highest BCUT2D eigenvalue weighted by Crippen LogP contribution is 2.64. The molecule has 0 saturated carbocycles. The van der Waals surface area contributed by atoms with Gasteiger partial charge in [0.25, 0.3) is 0 Å². The predicted octanol–water partition coefficient (Wildman–Crippen LogP) is 14.3. The van der Waals surface area contributed by atoms with E-state index in [1.165, 1.54) is 66.4 Å². The van der Waals surface area contributed by atoms with Crippen molar-refractivity contribution in [3.63, 3.8) is 0 Å². The van der Waals surface area contributed by atoms with E-state index in [1.807, 2.05) is 0 Å². The van der Waals surface area contributed by atoms with Gasteiger partial charge in [0.15, 0.2) is 5.82 Å². The van der Waals surface area contributed by atoms with Crippen LogP contribution in [0.4, 0.5) is 0 Å². The second-order valence-corrected chi connectivity index (χ2v) is 15.7. The van der Waals surface area contributed by atoms with E-state index in [4.69, 9.17) is 9.97 Å². The molecule has 2 heteroatoms. The lowest BCUT2D eigenvalue weighted by molar-refractivity contribution is 0.801. The molecule has 0 fully saturated rings. The SMILES string of the molecule is c1ccc(-c2ccc(-c3nc(-c4cccc(-c5ccccc5)c4)cc(-c4ccc5c(c4)C4(c6ccccc6-5)c5ccccc5-c5ccc6ccccc6c54)n3)cc2)cc1. The van der Waals surface area contributed by atoms with Crippen LogP contribution < -0.4 is 0 Å². The quantitative estimate of drug-likeness (QED) is 0.175. The highest BCUT2D eigenvalue weighted by atomic mass is 14.9. The molecule has 0 bridgehead atoms. The van der Waals surface area contributed by atoms with Crippen molar-refractivity contribution in [2.75, 3.05) is 0 Å². The van der Waals surface area contributed by atoms with E-state index >= 15 is 0 Å². The van der Waals surface area contributed by atoms with Crippen molar-refractivity contribution < 1.29 is 0 Å². The third-order valence-electron chi connectivity index (χ3n) is 12.5. The van der Waals surface area contributed by atoms with Gasteiger partial charge in [-0.2, -0.15) is 0 Å². The number of hydrogen-bond donors (Lipinski definition) is 0. The fourth-order valence-electron chi connectivity index (χ4n) is 9.88. The number of fused-ring (bicyclic) bond motifs is 12. The van der Waals surface area contributed by atoms with E-state index in [-0.39, 0.29) is 0 Å². The van der Waals surface area contributed by atoms with Crippen molar-refractivity contribution in [3.8, 4) is 78.4 Å². The number of hydrogen-bond acceptors (Lipinski definition) is 2. The first kappa shape index (κ1) is 33.5. The Morgan fingerprint density at radius 3 is 1.51 bits per heavy atom. The number of nitrogens with zero attached hydrogens (tertiary/aromatic N) is 2. The normalized spacial score (nSPS) is 14.5. The van der Waals surface area contributed by atoms with Gasteiger partial charge in [-0.25, -0.2) is 9.97 Å². The molecule has 2 aliphatic carbocycles. The minimum absolute atomic E-state index is 0.495. The fourth-order valence-corrected chi connectivity index (χ4v) is 9.88. The topological polar surface area (TPSA) is 25.8 Å². The van der Waals surface area contributed by atoms with Crippen LogP contribution in [-0.2, 0) is 5.41 Å². The molecule has 0 N–H and O–H groups in total. The van der Waals surface area contributed by atoms with Crippen LogP contribution in [0.5, 0.6) is 0 Å². The van der Waals surface area contributed by atoms with Crippen molar-refractivity contribution in [2.45, 2.75) is 5.41 Å². The van der Waals surface area contributed by atoms with E-state index in [0.717, 1.165) is 39.2 Å². The highest BCUT2D eigenvalue weighted by molar-refractivity contribution is 6.04. The average molecular weight is 749 g/mol. The third-order valence-corrected chi connectivity index (χ3v) is 12.5. The smallest absolute Gasteiger partial charge is 0.160 e. The Morgan fingerprint density at radius 2 is 0.780 bits per heavy atom. The van der Waals surface area contributed by atoms with Crippen molar-refractivity contribution in [1.29, 1.82) is 0 Å². The van der Waals surface area contributed by atoms with Crippen LogP contribution in [0.2, 0.25) is 0 Å². The summed E-state index contributed by atoms with van der Waals surface area (Å²) in [6.45, 7) is 0. The van der Waals surface area contributed by atoms with Crippen molar-refractivity contribution in [1.82, 2.24) is 9.97 Å². The molecule has 1 aromatic heterocycles. The summed E-state index contributed by atoms with van der Waals surface area (Å²) in [6, 6.07) is 79.2. The lowest BCUT2D eigenvalue weighted by Gasteiger charge is -2.31. The molecule has 0 radical (unpaired) electrons. The zero-order chi connectivity index (χ0) is 38.9. The molecule has 1 spiro atoms. The van der Waals surface area contributed by atoms with Crippen LogP contribution in [-0.4, -0.2) is 9.97 Å². The Bertz CT molecular complexity index is 3240. The van der Waals surface area contributed by atoms with Gasteiger partial charge in [0.2, 0.25) is 0 Å². The molecular formula is C57H36N2.